The maximum Gasteiger partial charge on any atom is 0.340 e. The van der Waals surface area contributed by atoms with Gasteiger partial charge in [0.25, 0.3) is 0 Å². The lowest BCUT2D eigenvalue weighted by atomic mass is 10.0. The van der Waals surface area contributed by atoms with Crippen LogP contribution < -0.4 is 0 Å². The summed E-state index contributed by atoms with van der Waals surface area (Å²) in [7, 11) is 0. The Morgan fingerprint density at radius 1 is 0.625 bits per heavy atom. The van der Waals surface area contributed by atoms with Gasteiger partial charge in [0.2, 0.25) is 0 Å². The van der Waals surface area contributed by atoms with Crippen molar-refractivity contribution in [3.63, 3.8) is 0 Å². The predicted molar refractivity (Wildman–Crippen MR) is 118 cm³/mol. The van der Waals surface area contributed by atoms with E-state index >= 15 is 0 Å². The summed E-state index contributed by atoms with van der Waals surface area (Å²) in [4.78, 5) is 38.4. The van der Waals surface area contributed by atoms with E-state index in [2.05, 4.69) is 0 Å². The average Bonchev–Trinajstić information content (AvgIpc) is 2.81. The molecule has 0 aliphatic rings. The van der Waals surface area contributed by atoms with E-state index in [1.165, 1.54) is 18.2 Å². The molecule has 6 heteroatoms. The molecule has 3 rings (SSSR count). The lowest BCUT2D eigenvalue weighted by Crippen LogP contribution is -2.21. The number of ether oxygens (including phenoxy) is 3. The van der Waals surface area contributed by atoms with Crippen LogP contribution in [0.4, 0.5) is 0 Å². The van der Waals surface area contributed by atoms with Gasteiger partial charge in [-0.1, -0.05) is 66.7 Å². The second kappa shape index (κ2) is 10.9. The Kier molecular flexibility index (Phi) is 7.75. The number of benzene rings is 3. The topological polar surface area (TPSA) is 78.9 Å². The molecule has 0 bridgehead atoms. The van der Waals surface area contributed by atoms with Gasteiger partial charge in [0.1, 0.15) is 13.2 Å². The molecule has 0 heterocycles. The summed E-state index contributed by atoms with van der Waals surface area (Å²) in [5.74, 6) is -2.26. The van der Waals surface area contributed by atoms with Crippen molar-refractivity contribution in [2.75, 3.05) is 0 Å². The molecule has 0 aromatic heterocycles. The molecule has 6 nitrogen and oxygen atoms in total. The van der Waals surface area contributed by atoms with Gasteiger partial charge >= 0.3 is 17.9 Å². The van der Waals surface area contributed by atoms with Crippen molar-refractivity contribution in [1.82, 2.24) is 0 Å². The molecular weight excluding hydrogens is 408 g/mol. The van der Waals surface area contributed by atoms with Crippen LogP contribution in [0.5, 0.6) is 0 Å². The van der Waals surface area contributed by atoms with Crippen molar-refractivity contribution in [2.24, 2.45) is 0 Å². The van der Waals surface area contributed by atoms with Crippen LogP contribution in [-0.2, 0) is 27.4 Å². The molecule has 0 fully saturated rings. The van der Waals surface area contributed by atoms with Crippen LogP contribution in [0.15, 0.2) is 78.9 Å². The number of hydrogen-bond donors (Lipinski definition) is 0. The first-order valence-corrected chi connectivity index (χ1v) is 10.2. The number of hydrogen-bond acceptors (Lipinski definition) is 6. The molecule has 3 aromatic carbocycles. The summed E-state index contributed by atoms with van der Waals surface area (Å²) in [5, 5.41) is 0. The Balaban J connectivity index is 1.86. The van der Waals surface area contributed by atoms with E-state index in [-0.39, 0.29) is 29.9 Å². The van der Waals surface area contributed by atoms with E-state index in [1.807, 2.05) is 60.7 Å². The van der Waals surface area contributed by atoms with Crippen LogP contribution in [0.1, 0.15) is 56.0 Å². The molecular formula is C26H24O6. The Morgan fingerprint density at radius 2 is 1.06 bits per heavy atom. The van der Waals surface area contributed by atoms with E-state index < -0.39 is 24.0 Å². The van der Waals surface area contributed by atoms with Crippen molar-refractivity contribution in [3.05, 3.63) is 107 Å². The van der Waals surface area contributed by atoms with Crippen LogP contribution in [0.2, 0.25) is 0 Å². The molecule has 0 aliphatic heterocycles. The fourth-order valence-corrected chi connectivity index (χ4v) is 2.99. The lowest BCUT2D eigenvalue weighted by Gasteiger charge is -2.15. The minimum absolute atomic E-state index is 0.0288. The number of rotatable bonds is 8. The third-order valence-corrected chi connectivity index (χ3v) is 4.48. The van der Waals surface area contributed by atoms with Gasteiger partial charge in [-0.3, -0.25) is 0 Å². The van der Waals surface area contributed by atoms with E-state index in [9.17, 15) is 14.4 Å². The molecule has 164 valence electrons. The zero-order chi connectivity index (χ0) is 22.9. The molecule has 0 radical (unpaired) electrons. The summed E-state index contributed by atoms with van der Waals surface area (Å²) in [6.45, 7) is 3.42. The minimum Gasteiger partial charge on any atom is -0.459 e. The molecule has 0 amide bonds. The Hall–Kier alpha value is -3.93. The Morgan fingerprint density at radius 3 is 1.47 bits per heavy atom. The number of carbonyl (C=O) groups excluding carboxylic acids is 3. The molecule has 32 heavy (non-hydrogen) atoms. The molecule has 0 unspecified atom stereocenters. The molecule has 0 saturated carbocycles. The van der Waals surface area contributed by atoms with Crippen molar-refractivity contribution in [2.45, 2.75) is 33.2 Å². The predicted octanol–water partition coefficient (Wildman–Crippen LogP) is 4.97. The van der Waals surface area contributed by atoms with Crippen molar-refractivity contribution < 1.29 is 28.6 Å². The summed E-state index contributed by atoms with van der Waals surface area (Å²) in [6.07, 6.45) is -0.441. The first-order chi connectivity index (χ1) is 15.5. The molecule has 3 aromatic rings. The standard InChI is InChI=1S/C26H24O6/c1-18(2)32-26(29)23-21(24(27)30-16-19-10-5-3-6-11-19)14-9-15-22(23)25(28)31-17-20-12-7-4-8-13-20/h3-15,18H,16-17H2,1-2H3. The fourth-order valence-electron chi connectivity index (χ4n) is 2.99. The highest BCUT2D eigenvalue weighted by molar-refractivity contribution is 6.10. The minimum atomic E-state index is -0.793. The summed E-state index contributed by atoms with van der Waals surface area (Å²) in [5.41, 5.74) is 1.31. The van der Waals surface area contributed by atoms with Crippen LogP contribution in [0, 0.1) is 0 Å². The van der Waals surface area contributed by atoms with Gasteiger partial charge in [0.05, 0.1) is 22.8 Å². The third-order valence-electron chi connectivity index (χ3n) is 4.48. The zero-order valence-corrected chi connectivity index (χ0v) is 17.9. The largest absolute Gasteiger partial charge is 0.459 e. The second-order valence-corrected chi connectivity index (χ2v) is 7.31. The van der Waals surface area contributed by atoms with Crippen molar-refractivity contribution >= 4 is 17.9 Å². The Labute approximate surface area is 186 Å². The quantitative estimate of drug-likeness (QED) is 0.370. The number of carbonyl (C=O) groups is 3. The van der Waals surface area contributed by atoms with Crippen LogP contribution >= 0.6 is 0 Å². The second-order valence-electron chi connectivity index (χ2n) is 7.31. The maximum atomic E-state index is 12.8. The van der Waals surface area contributed by atoms with Crippen molar-refractivity contribution in [1.29, 1.82) is 0 Å². The van der Waals surface area contributed by atoms with E-state index in [0.29, 0.717) is 0 Å². The number of esters is 3. The monoisotopic (exact) mass is 432 g/mol. The third kappa shape index (κ3) is 6.04. The summed E-state index contributed by atoms with van der Waals surface area (Å²) >= 11 is 0. The van der Waals surface area contributed by atoms with Crippen LogP contribution in [0.3, 0.4) is 0 Å². The van der Waals surface area contributed by atoms with Gasteiger partial charge < -0.3 is 14.2 Å². The molecule has 0 atom stereocenters. The SMILES string of the molecule is CC(C)OC(=O)c1c(C(=O)OCc2ccccc2)cccc1C(=O)OCc1ccccc1. The maximum absolute atomic E-state index is 12.8. The highest BCUT2D eigenvalue weighted by atomic mass is 16.5. The zero-order valence-electron chi connectivity index (χ0n) is 17.9. The van der Waals surface area contributed by atoms with Gasteiger partial charge in [0, 0.05) is 0 Å². The van der Waals surface area contributed by atoms with Gasteiger partial charge in [-0.15, -0.1) is 0 Å². The lowest BCUT2D eigenvalue weighted by molar-refractivity contribution is 0.0341. The molecule has 0 aliphatic carbocycles. The molecule has 0 spiro atoms. The first-order valence-electron chi connectivity index (χ1n) is 10.2. The highest BCUT2D eigenvalue weighted by Crippen LogP contribution is 2.21. The highest BCUT2D eigenvalue weighted by Gasteiger charge is 2.27. The average molecular weight is 432 g/mol. The van der Waals surface area contributed by atoms with Gasteiger partial charge in [-0.05, 0) is 37.1 Å². The first kappa shape index (κ1) is 22.7. The van der Waals surface area contributed by atoms with Gasteiger partial charge in [-0.2, -0.15) is 0 Å². The normalized spacial score (nSPS) is 10.5. The molecule has 0 N–H and O–H groups in total. The van der Waals surface area contributed by atoms with E-state index in [4.69, 9.17) is 14.2 Å². The fraction of sp³-hybridized carbons (Fsp3) is 0.192. The summed E-state index contributed by atoms with van der Waals surface area (Å²) in [6, 6.07) is 22.7. The summed E-state index contributed by atoms with van der Waals surface area (Å²) < 4.78 is 16.0. The molecule has 0 saturated heterocycles. The van der Waals surface area contributed by atoms with Crippen LogP contribution in [-0.4, -0.2) is 24.0 Å². The van der Waals surface area contributed by atoms with Gasteiger partial charge in [-0.25, -0.2) is 14.4 Å². The Bertz CT molecular complexity index is 1000. The van der Waals surface area contributed by atoms with Gasteiger partial charge in [0.15, 0.2) is 0 Å². The van der Waals surface area contributed by atoms with Crippen molar-refractivity contribution in [3.8, 4) is 0 Å². The van der Waals surface area contributed by atoms with Crippen LogP contribution in [0.25, 0.3) is 0 Å². The smallest absolute Gasteiger partial charge is 0.340 e. The van der Waals surface area contributed by atoms with E-state index in [0.717, 1.165) is 11.1 Å². The van der Waals surface area contributed by atoms with E-state index in [1.54, 1.807) is 13.8 Å².